The van der Waals surface area contributed by atoms with E-state index in [4.69, 9.17) is 14.7 Å². The Balaban J connectivity index is 1.97. The SMILES string of the molecule is CCCN(CCC)c1c(C)nc(-c2c(C)cccc2CC)nc1NCCN1CCOCC1. The maximum atomic E-state index is 5.49. The first-order valence-corrected chi connectivity index (χ1v) is 12.3. The van der Waals surface area contributed by atoms with Crippen molar-refractivity contribution in [3.8, 4) is 11.4 Å². The molecular weight excluding hydrogens is 398 g/mol. The van der Waals surface area contributed by atoms with Crippen LogP contribution in [-0.4, -0.2) is 67.4 Å². The van der Waals surface area contributed by atoms with Crippen LogP contribution in [0.15, 0.2) is 18.2 Å². The number of aryl methyl sites for hydroxylation is 3. The van der Waals surface area contributed by atoms with E-state index in [1.165, 1.54) is 16.7 Å². The minimum absolute atomic E-state index is 0.829. The highest BCUT2D eigenvalue weighted by Crippen LogP contribution is 2.33. The van der Waals surface area contributed by atoms with Crippen LogP contribution in [0.2, 0.25) is 0 Å². The van der Waals surface area contributed by atoms with Crippen LogP contribution in [0.5, 0.6) is 0 Å². The molecule has 6 heteroatoms. The smallest absolute Gasteiger partial charge is 0.162 e. The van der Waals surface area contributed by atoms with Crippen LogP contribution >= 0.6 is 0 Å². The first kappa shape index (κ1) is 24.5. The number of nitrogens with zero attached hydrogens (tertiary/aromatic N) is 4. The third kappa shape index (κ3) is 5.99. The van der Waals surface area contributed by atoms with Crippen molar-refractivity contribution in [2.45, 2.75) is 53.9 Å². The minimum atomic E-state index is 0.829. The van der Waals surface area contributed by atoms with Crippen molar-refractivity contribution in [1.82, 2.24) is 14.9 Å². The van der Waals surface area contributed by atoms with Crippen molar-refractivity contribution >= 4 is 11.5 Å². The molecule has 1 saturated heterocycles. The van der Waals surface area contributed by atoms with Crippen LogP contribution in [0.1, 0.15) is 50.4 Å². The van der Waals surface area contributed by atoms with E-state index in [1.54, 1.807) is 0 Å². The summed E-state index contributed by atoms with van der Waals surface area (Å²) in [6.07, 6.45) is 3.18. The molecule has 1 N–H and O–H groups in total. The number of morpholine rings is 1. The second-order valence-corrected chi connectivity index (χ2v) is 8.66. The Morgan fingerprint density at radius 1 is 1.03 bits per heavy atom. The fourth-order valence-corrected chi connectivity index (χ4v) is 4.56. The molecule has 3 rings (SSSR count). The summed E-state index contributed by atoms with van der Waals surface area (Å²) in [5, 5.41) is 3.69. The monoisotopic (exact) mass is 439 g/mol. The van der Waals surface area contributed by atoms with Crippen molar-refractivity contribution in [1.29, 1.82) is 0 Å². The highest BCUT2D eigenvalue weighted by atomic mass is 16.5. The van der Waals surface area contributed by atoms with E-state index in [-0.39, 0.29) is 0 Å². The minimum Gasteiger partial charge on any atom is -0.379 e. The molecule has 2 heterocycles. The second-order valence-electron chi connectivity index (χ2n) is 8.66. The van der Waals surface area contributed by atoms with Crippen LogP contribution < -0.4 is 10.2 Å². The van der Waals surface area contributed by atoms with Crippen molar-refractivity contribution < 1.29 is 4.74 Å². The summed E-state index contributed by atoms with van der Waals surface area (Å²) in [6, 6.07) is 6.48. The van der Waals surface area contributed by atoms with Gasteiger partial charge >= 0.3 is 0 Å². The van der Waals surface area contributed by atoms with Gasteiger partial charge in [0.1, 0.15) is 5.69 Å². The molecule has 0 spiro atoms. The molecule has 0 saturated carbocycles. The van der Waals surface area contributed by atoms with Crippen molar-refractivity contribution in [3.63, 3.8) is 0 Å². The van der Waals surface area contributed by atoms with Gasteiger partial charge in [-0.1, -0.05) is 39.0 Å². The van der Waals surface area contributed by atoms with E-state index < -0.39 is 0 Å². The molecule has 1 aromatic heterocycles. The van der Waals surface area contributed by atoms with Gasteiger partial charge < -0.3 is 15.0 Å². The van der Waals surface area contributed by atoms with Gasteiger partial charge in [0.05, 0.1) is 18.9 Å². The van der Waals surface area contributed by atoms with Gasteiger partial charge in [0.15, 0.2) is 11.6 Å². The Morgan fingerprint density at radius 3 is 2.41 bits per heavy atom. The molecule has 0 atom stereocenters. The summed E-state index contributed by atoms with van der Waals surface area (Å²) in [5.41, 5.74) is 5.92. The van der Waals surface area contributed by atoms with E-state index in [1.807, 2.05) is 0 Å². The highest BCUT2D eigenvalue weighted by molar-refractivity contribution is 5.74. The molecule has 2 aromatic rings. The predicted molar refractivity (Wildman–Crippen MR) is 135 cm³/mol. The number of nitrogens with one attached hydrogen (secondary N) is 1. The average Bonchev–Trinajstić information content (AvgIpc) is 2.79. The van der Waals surface area contributed by atoms with Gasteiger partial charge in [0.2, 0.25) is 0 Å². The Labute approximate surface area is 194 Å². The van der Waals surface area contributed by atoms with E-state index in [2.05, 4.69) is 67.9 Å². The van der Waals surface area contributed by atoms with Crippen molar-refractivity contribution in [3.05, 3.63) is 35.0 Å². The normalized spacial score (nSPS) is 14.5. The zero-order chi connectivity index (χ0) is 22.9. The second kappa shape index (κ2) is 12.2. The predicted octanol–water partition coefficient (Wildman–Crippen LogP) is 4.69. The number of benzene rings is 1. The van der Waals surface area contributed by atoms with Gasteiger partial charge in [0.25, 0.3) is 0 Å². The lowest BCUT2D eigenvalue weighted by atomic mass is 9.99. The first-order chi connectivity index (χ1) is 15.6. The summed E-state index contributed by atoms with van der Waals surface area (Å²) >= 11 is 0. The lowest BCUT2D eigenvalue weighted by molar-refractivity contribution is 0.0398. The molecule has 1 fully saturated rings. The third-order valence-electron chi connectivity index (χ3n) is 6.15. The van der Waals surface area contributed by atoms with Gasteiger partial charge in [-0.05, 0) is 44.2 Å². The van der Waals surface area contributed by atoms with Crippen LogP contribution in [0.4, 0.5) is 11.5 Å². The van der Waals surface area contributed by atoms with Crippen LogP contribution in [0, 0.1) is 13.8 Å². The largest absolute Gasteiger partial charge is 0.379 e. The van der Waals surface area contributed by atoms with Gasteiger partial charge in [-0.15, -0.1) is 0 Å². The summed E-state index contributed by atoms with van der Waals surface area (Å²) in [6.45, 7) is 18.5. The van der Waals surface area contributed by atoms with Crippen LogP contribution in [0.25, 0.3) is 11.4 Å². The van der Waals surface area contributed by atoms with Gasteiger partial charge in [0, 0.05) is 44.8 Å². The van der Waals surface area contributed by atoms with Gasteiger partial charge in [-0.2, -0.15) is 0 Å². The topological polar surface area (TPSA) is 53.5 Å². The van der Waals surface area contributed by atoms with Gasteiger partial charge in [-0.25, -0.2) is 9.97 Å². The van der Waals surface area contributed by atoms with E-state index >= 15 is 0 Å². The van der Waals surface area contributed by atoms with E-state index in [0.717, 1.165) is 94.8 Å². The summed E-state index contributed by atoms with van der Waals surface area (Å²) in [4.78, 5) is 15.1. The molecule has 176 valence electrons. The standard InChI is InChI=1S/C26H41N5O/c1-6-13-31(14-7-2)24-21(5)28-25(23-20(4)10-9-11-22(23)8-3)29-26(24)27-12-15-30-16-18-32-19-17-30/h9-11H,6-8,12-19H2,1-5H3,(H,27,28,29). The molecular formula is C26H41N5O. The number of aromatic nitrogens is 2. The molecule has 6 nitrogen and oxygen atoms in total. The summed E-state index contributed by atoms with van der Waals surface area (Å²) in [7, 11) is 0. The molecule has 1 aliphatic heterocycles. The lowest BCUT2D eigenvalue weighted by Crippen LogP contribution is -2.39. The zero-order valence-electron chi connectivity index (χ0n) is 20.7. The number of hydrogen-bond acceptors (Lipinski definition) is 6. The van der Waals surface area contributed by atoms with Crippen LogP contribution in [0.3, 0.4) is 0 Å². The molecule has 0 amide bonds. The molecule has 0 radical (unpaired) electrons. The number of anilines is 2. The average molecular weight is 440 g/mol. The molecule has 32 heavy (non-hydrogen) atoms. The van der Waals surface area contributed by atoms with Crippen molar-refractivity contribution in [2.24, 2.45) is 0 Å². The van der Waals surface area contributed by atoms with Crippen molar-refractivity contribution in [2.75, 3.05) is 62.7 Å². The van der Waals surface area contributed by atoms with E-state index in [9.17, 15) is 0 Å². The number of ether oxygens (including phenoxy) is 1. The first-order valence-electron chi connectivity index (χ1n) is 12.3. The third-order valence-corrected chi connectivity index (χ3v) is 6.15. The summed E-state index contributed by atoms with van der Waals surface area (Å²) in [5.74, 6) is 1.80. The van der Waals surface area contributed by atoms with Gasteiger partial charge in [-0.3, -0.25) is 4.90 Å². The molecule has 0 unspecified atom stereocenters. The Kier molecular flexibility index (Phi) is 9.30. The highest BCUT2D eigenvalue weighted by Gasteiger charge is 2.20. The number of rotatable bonds is 11. The fourth-order valence-electron chi connectivity index (χ4n) is 4.56. The van der Waals surface area contributed by atoms with Crippen LogP contribution in [-0.2, 0) is 11.2 Å². The molecule has 1 aliphatic rings. The quantitative estimate of drug-likeness (QED) is 0.548. The molecule has 0 bridgehead atoms. The maximum absolute atomic E-state index is 5.49. The zero-order valence-corrected chi connectivity index (χ0v) is 20.7. The Morgan fingerprint density at radius 2 is 1.75 bits per heavy atom. The Hall–Kier alpha value is -2.18. The van der Waals surface area contributed by atoms with E-state index in [0.29, 0.717) is 0 Å². The Bertz CT molecular complexity index is 858. The molecule has 0 aliphatic carbocycles. The summed E-state index contributed by atoms with van der Waals surface area (Å²) < 4.78 is 5.49. The lowest BCUT2D eigenvalue weighted by Gasteiger charge is -2.29. The number of hydrogen-bond donors (Lipinski definition) is 1. The molecule has 1 aromatic carbocycles. The fraction of sp³-hybridized carbons (Fsp3) is 0.615. The maximum Gasteiger partial charge on any atom is 0.162 e.